The van der Waals surface area contributed by atoms with Gasteiger partial charge in [0, 0.05) is 19.3 Å². The van der Waals surface area contributed by atoms with Gasteiger partial charge in [0.1, 0.15) is 17.4 Å². The molecule has 0 amide bonds. The molecule has 4 rings (SSSR count). The average molecular weight is 445 g/mol. The first-order valence-corrected chi connectivity index (χ1v) is 9.99. The Balaban J connectivity index is 1.88. The molecule has 3 aromatic rings. The zero-order valence-corrected chi connectivity index (χ0v) is 17.1. The highest BCUT2D eigenvalue weighted by atomic mass is 19.4. The second kappa shape index (κ2) is 8.28. The largest absolute Gasteiger partial charge is 0.416 e. The number of hydrogen-bond acceptors (Lipinski definition) is 4. The molecule has 0 saturated carbocycles. The SMILES string of the molecule is C[C@H](c1ccc(C(F)(F)F)cc1)n1cc(C#N)c(=O)c2cc(F)c(N3CCOCC3)cc21. The Morgan fingerprint density at radius 1 is 1.12 bits per heavy atom. The van der Waals surface area contributed by atoms with E-state index in [9.17, 15) is 27.6 Å². The quantitative estimate of drug-likeness (QED) is 0.558. The van der Waals surface area contributed by atoms with Crippen molar-refractivity contribution in [2.45, 2.75) is 19.1 Å². The van der Waals surface area contributed by atoms with Crippen LogP contribution in [0.5, 0.6) is 0 Å². The maximum atomic E-state index is 14.9. The Morgan fingerprint density at radius 3 is 2.38 bits per heavy atom. The van der Waals surface area contributed by atoms with Crippen LogP contribution in [-0.2, 0) is 10.9 Å². The Labute approximate surface area is 181 Å². The van der Waals surface area contributed by atoms with Crippen molar-refractivity contribution in [2.75, 3.05) is 31.2 Å². The van der Waals surface area contributed by atoms with Crippen LogP contribution in [-0.4, -0.2) is 30.9 Å². The predicted octanol–water partition coefficient (Wildman–Crippen LogP) is 4.48. The third kappa shape index (κ3) is 3.94. The van der Waals surface area contributed by atoms with Gasteiger partial charge in [-0.3, -0.25) is 4.79 Å². The number of benzene rings is 2. The van der Waals surface area contributed by atoms with E-state index in [2.05, 4.69) is 0 Å². The lowest BCUT2D eigenvalue weighted by atomic mass is 10.0. The van der Waals surface area contributed by atoms with Crippen molar-refractivity contribution in [2.24, 2.45) is 0 Å². The van der Waals surface area contributed by atoms with Gasteiger partial charge in [0.25, 0.3) is 0 Å². The van der Waals surface area contributed by atoms with Crippen LogP contribution in [0.4, 0.5) is 23.2 Å². The summed E-state index contributed by atoms with van der Waals surface area (Å²) in [7, 11) is 0. The van der Waals surface area contributed by atoms with Crippen molar-refractivity contribution in [1.29, 1.82) is 5.26 Å². The smallest absolute Gasteiger partial charge is 0.378 e. The van der Waals surface area contributed by atoms with E-state index in [0.717, 1.165) is 18.2 Å². The van der Waals surface area contributed by atoms with Gasteiger partial charge in [0.05, 0.1) is 41.4 Å². The Bertz CT molecular complexity index is 1250. The van der Waals surface area contributed by atoms with Gasteiger partial charge in [-0.25, -0.2) is 4.39 Å². The number of pyridine rings is 1. The first-order valence-electron chi connectivity index (χ1n) is 9.99. The van der Waals surface area contributed by atoms with Gasteiger partial charge in [0.15, 0.2) is 0 Å². The average Bonchev–Trinajstić information content (AvgIpc) is 2.79. The number of nitrogens with zero attached hydrogens (tertiary/aromatic N) is 3. The zero-order chi connectivity index (χ0) is 23.0. The lowest BCUT2D eigenvalue weighted by Gasteiger charge is -2.30. The van der Waals surface area contributed by atoms with Gasteiger partial charge in [0.2, 0.25) is 5.43 Å². The van der Waals surface area contributed by atoms with Crippen LogP contribution in [0, 0.1) is 17.1 Å². The number of morpholine rings is 1. The molecule has 0 aliphatic carbocycles. The molecule has 0 unspecified atom stereocenters. The molecule has 0 radical (unpaired) electrons. The number of halogens is 4. The van der Waals surface area contributed by atoms with Crippen molar-refractivity contribution >= 4 is 16.6 Å². The second-order valence-electron chi connectivity index (χ2n) is 7.61. The third-order valence-corrected chi connectivity index (χ3v) is 5.71. The summed E-state index contributed by atoms with van der Waals surface area (Å²) in [6.45, 7) is 3.60. The highest BCUT2D eigenvalue weighted by Gasteiger charge is 2.30. The molecular weight excluding hydrogens is 426 g/mol. The predicted molar refractivity (Wildman–Crippen MR) is 111 cm³/mol. The molecule has 166 valence electrons. The van der Waals surface area contributed by atoms with E-state index in [1.165, 1.54) is 18.3 Å². The number of fused-ring (bicyclic) bond motifs is 1. The lowest BCUT2D eigenvalue weighted by Crippen LogP contribution is -2.36. The minimum absolute atomic E-state index is 0.0392. The van der Waals surface area contributed by atoms with Crippen LogP contribution in [0.25, 0.3) is 10.9 Å². The minimum atomic E-state index is -4.45. The number of aromatic nitrogens is 1. The van der Waals surface area contributed by atoms with E-state index in [1.54, 1.807) is 17.6 Å². The first-order chi connectivity index (χ1) is 15.2. The standard InChI is InChI=1S/C23H19F4N3O2/c1-14(15-2-4-17(5-3-15)23(25,26)27)30-13-16(12-28)22(31)18-10-19(24)21(11-20(18)30)29-6-8-32-9-7-29/h2-5,10-11,13-14H,6-9H2,1H3/t14-/m1/s1. The van der Waals surface area contributed by atoms with Crippen LogP contribution in [0.3, 0.4) is 0 Å². The summed E-state index contributed by atoms with van der Waals surface area (Å²) in [5, 5.41) is 9.44. The second-order valence-corrected chi connectivity index (χ2v) is 7.61. The minimum Gasteiger partial charge on any atom is -0.378 e. The van der Waals surface area contributed by atoms with Gasteiger partial charge < -0.3 is 14.2 Å². The molecule has 2 aromatic carbocycles. The molecule has 1 aliphatic heterocycles. The molecule has 1 saturated heterocycles. The van der Waals surface area contributed by atoms with Gasteiger partial charge in [-0.1, -0.05) is 12.1 Å². The molecule has 32 heavy (non-hydrogen) atoms. The van der Waals surface area contributed by atoms with Gasteiger partial charge in [-0.05, 0) is 36.8 Å². The molecule has 9 heteroatoms. The van der Waals surface area contributed by atoms with Crippen LogP contribution in [0.1, 0.15) is 29.7 Å². The van der Waals surface area contributed by atoms with Gasteiger partial charge >= 0.3 is 6.18 Å². The van der Waals surface area contributed by atoms with Crippen molar-refractivity contribution < 1.29 is 22.3 Å². The summed E-state index contributed by atoms with van der Waals surface area (Å²) in [6.07, 6.45) is -3.08. The highest BCUT2D eigenvalue weighted by molar-refractivity contribution is 5.84. The van der Waals surface area contributed by atoms with E-state index in [0.29, 0.717) is 43.1 Å². The fraction of sp³-hybridized carbons (Fsp3) is 0.304. The molecule has 0 bridgehead atoms. The molecule has 1 atom stereocenters. The van der Waals surface area contributed by atoms with Crippen LogP contribution in [0.15, 0.2) is 47.4 Å². The van der Waals surface area contributed by atoms with Crippen molar-refractivity contribution in [3.05, 3.63) is 75.3 Å². The Hall–Kier alpha value is -3.38. The first kappa shape index (κ1) is 21.8. The summed E-state index contributed by atoms with van der Waals surface area (Å²) in [4.78, 5) is 14.5. The highest BCUT2D eigenvalue weighted by Crippen LogP contribution is 2.32. The van der Waals surface area contributed by atoms with Crippen LogP contribution < -0.4 is 10.3 Å². The summed E-state index contributed by atoms with van der Waals surface area (Å²) in [6, 6.07) is 8.68. The number of nitriles is 1. The van der Waals surface area contributed by atoms with Crippen molar-refractivity contribution in [1.82, 2.24) is 4.57 Å². The molecule has 1 fully saturated rings. The van der Waals surface area contributed by atoms with E-state index < -0.39 is 29.0 Å². The number of rotatable bonds is 3. The number of anilines is 1. The summed E-state index contributed by atoms with van der Waals surface area (Å²) < 4.78 is 60.6. The number of alkyl halides is 3. The van der Waals surface area contributed by atoms with Gasteiger partial charge in [-0.15, -0.1) is 0 Å². The number of ether oxygens (including phenoxy) is 1. The Morgan fingerprint density at radius 2 is 1.78 bits per heavy atom. The number of hydrogen-bond donors (Lipinski definition) is 0. The fourth-order valence-electron chi connectivity index (χ4n) is 3.92. The van der Waals surface area contributed by atoms with Crippen LogP contribution >= 0.6 is 0 Å². The van der Waals surface area contributed by atoms with E-state index in [4.69, 9.17) is 4.74 Å². The molecular formula is C23H19F4N3O2. The lowest BCUT2D eigenvalue weighted by molar-refractivity contribution is -0.137. The molecule has 0 spiro atoms. The van der Waals surface area contributed by atoms with Gasteiger partial charge in [-0.2, -0.15) is 18.4 Å². The maximum absolute atomic E-state index is 14.9. The molecule has 2 heterocycles. The summed E-state index contributed by atoms with van der Waals surface area (Å²) in [5.74, 6) is -0.583. The summed E-state index contributed by atoms with van der Waals surface area (Å²) in [5.41, 5.74) is -0.292. The van der Waals surface area contributed by atoms with E-state index >= 15 is 0 Å². The molecule has 1 aromatic heterocycles. The van der Waals surface area contributed by atoms with Crippen molar-refractivity contribution in [3.63, 3.8) is 0 Å². The van der Waals surface area contributed by atoms with Crippen LogP contribution in [0.2, 0.25) is 0 Å². The molecule has 0 N–H and O–H groups in total. The molecule has 1 aliphatic rings. The van der Waals surface area contributed by atoms with E-state index in [-0.39, 0.29) is 10.9 Å². The monoisotopic (exact) mass is 445 g/mol. The summed E-state index contributed by atoms with van der Waals surface area (Å²) >= 11 is 0. The zero-order valence-electron chi connectivity index (χ0n) is 17.1. The van der Waals surface area contributed by atoms with E-state index in [1.807, 2.05) is 11.0 Å². The maximum Gasteiger partial charge on any atom is 0.416 e. The van der Waals surface area contributed by atoms with Crippen molar-refractivity contribution in [3.8, 4) is 6.07 Å². The topological polar surface area (TPSA) is 58.3 Å². The Kier molecular flexibility index (Phi) is 5.65. The normalized spacial score (nSPS) is 15.6. The molecule has 5 nitrogen and oxygen atoms in total. The fourth-order valence-corrected chi connectivity index (χ4v) is 3.92. The third-order valence-electron chi connectivity index (χ3n) is 5.71.